The fraction of sp³-hybridized carbons (Fsp3) is 0.257. The highest BCUT2D eigenvalue weighted by Gasteiger charge is 2.47. The number of benzene rings is 3. The average molecular weight is 898 g/mol. The van der Waals surface area contributed by atoms with Crippen LogP contribution in [-0.4, -0.2) is 40.7 Å². The highest BCUT2D eigenvalue weighted by atomic mass is 35.5. The lowest BCUT2D eigenvalue weighted by Crippen LogP contribution is -2.36. The first-order valence-electron chi connectivity index (χ1n) is 16.0. The van der Waals surface area contributed by atoms with Crippen molar-refractivity contribution in [3.8, 4) is 0 Å². The van der Waals surface area contributed by atoms with Crippen molar-refractivity contribution in [3.05, 3.63) is 98.0 Å². The van der Waals surface area contributed by atoms with Crippen LogP contribution in [0.3, 0.4) is 0 Å². The second kappa shape index (κ2) is 14.0. The third kappa shape index (κ3) is 5.86. The molecule has 2 aliphatic carbocycles. The molecule has 4 aromatic rings. The van der Waals surface area contributed by atoms with Crippen molar-refractivity contribution in [3.63, 3.8) is 0 Å². The van der Waals surface area contributed by atoms with Crippen molar-refractivity contribution >= 4 is 148 Å². The highest BCUT2D eigenvalue weighted by Crippen LogP contribution is 2.52. The molecule has 276 valence electrons. The molecule has 3 aliphatic rings. The van der Waals surface area contributed by atoms with Gasteiger partial charge in [-0.2, -0.15) is 8.42 Å². The molecule has 53 heavy (non-hydrogen) atoms. The molecular weight excluding hydrogens is 876 g/mol. The summed E-state index contributed by atoms with van der Waals surface area (Å²) in [7, 11) is -4.81. The number of hydrogen-bond donors (Lipinski definition) is 2. The van der Waals surface area contributed by atoms with Gasteiger partial charge in [-0.25, -0.2) is 9.88 Å². The highest BCUT2D eigenvalue weighted by molar-refractivity contribution is 7.86. The molecule has 1 aliphatic heterocycles. The van der Waals surface area contributed by atoms with Crippen LogP contribution in [0, 0.1) is 0 Å². The average Bonchev–Trinajstić information content (AvgIpc) is 3.59. The summed E-state index contributed by atoms with van der Waals surface area (Å²) in [6.07, 6.45) is 4.25. The largest absolute Gasteiger partial charge is 0.506 e. The number of allylic oxidation sites excluding steroid dienone is 1. The smallest absolute Gasteiger partial charge is 0.274 e. The normalized spacial score (nSPS) is 17.7. The van der Waals surface area contributed by atoms with Gasteiger partial charge in [0.1, 0.15) is 10.5 Å². The van der Waals surface area contributed by atoms with Crippen LogP contribution in [0.2, 0.25) is 40.2 Å². The first-order valence-corrected chi connectivity index (χ1v) is 20.4. The molecule has 3 aromatic carbocycles. The predicted molar refractivity (Wildman–Crippen MR) is 210 cm³/mol. The summed E-state index contributed by atoms with van der Waals surface area (Å²) in [5.41, 5.74) is -1.81. The van der Waals surface area contributed by atoms with Crippen LogP contribution in [0.1, 0.15) is 99.3 Å². The molecule has 2 amide bonds. The van der Waals surface area contributed by atoms with Crippen molar-refractivity contribution in [1.82, 2.24) is 4.98 Å². The van der Waals surface area contributed by atoms with E-state index in [1.54, 1.807) is 0 Å². The van der Waals surface area contributed by atoms with E-state index in [4.69, 9.17) is 92.8 Å². The number of aromatic nitrogens is 1. The number of carbonyl (C=O) groups is 3. The number of amides is 2. The fourth-order valence-electron chi connectivity index (χ4n) is 7.37. The van der Waals surface area contributed by atoms with E-state index in [0.717, 1.165) is 25.7 Å². The monoisotopic (exact) mass is 894 g/mol. The number of pyridine rings is 1. The fourth-order valence-corrected chi connectivity index (χ4v) is 10.6. The molecule has 7 rings (SSSR count). The van der Waals surface area contributed by atoms with Crippen molar-refractivity contribution in [2.45, 2.75) is 56.1 Å². The SMILES string of the molecule is O=C1C(c2ccc3cc(C4(S(=O)(=O)O)CCCCCCCC4)cc(N4C(=O)c5c(Cl)c(Cl)c(Cl)c(Cl)c5C4=O)c3n2)=C(O)c2c(Cl)c(Cl)c(Cl)c(Cl)c21. The Morgan fingerprint density at radius 2 is 1.11 bits per heavy atom. The van der Waals surface area contributed by atoms with Crippen LogP contribution in [0.4, 0.5) is 5.69 Å². The second-order valence-electron chi connectivity index (χ2n) is 12.9. The summed E-state index contributed by atoms with van der Waals surface area (Å²) in [5, 5.41) is 9.47. The van der Waals surface area contributed by atoms with Crippen molar-refractivity contribution in [2.75, 3.05) is 4.90 Å². The van der Waals surface area contributed by atoms with Crippen LogP contribution in [0.25, 0.3) is 22.2 Å². The number of anilines is 1. The van der Waals surface area contributed by atoms with E-state index in [1.807, 2.05) is 0 Å². The van der Waals surface area contributed by atoms with E-state index in [0.29, 0.717) is 17.7 Å². The minimum Gasteiger partial charge on any atom is -0.506 e. The van der Waals surface area contributed by atoms with Gasteiger partial charge in [-0.1, -0.05) is 137 Å². The Balaban J connectivity index is 1.52. The standard InChI is InChI=1S/C35H22Cl8N2O7S/c36-22-18-19(23(37)27(41)26(22)40)32(47)17(31(18)46)15-8-7-13-11-14(35(53(50,51)52)9-5-3-1-2-4-6-10-35)12-16(30(13)44-15)45-33(48)20-21(34(45)49)25(39)29(43)28(42)24(20)38/h7-8,11-12,46H,1-6,9-10H2,(H,50,51,52). The van der Waals surface area contributed by atoms with E-state index in [2.05, 4.69) is 4.98 Å². The zero-order chi connectivity index (χ0) is 38.5. The summed E-state index contributed by atoms with van der Waals surface area (Å²) >= 11 is 50.7. The number of aliphatic hydroxyl groups is 1. The van der Waals surface area contributed by atoms with Gasteiger partial charge in [0.25, 0.3) is 21.9 Å². The Morgan fingerprint density at radius 3 is 1.62 bits per heavy atom. The van der Waals surface area contributed by atoms with Gasteiger partial charge in [0.05, 0.1) is 84.9 Å². The number of Topliss-reactive ketones (excluding diaryl/α,β-unsaturated/α-hetero) is 1. The Kier molecular flexibility index (Phi) is 10.3. The zero-order valence-corrected chi connectivity index (χ0v) is 33.6. The Morgan fingerprint density at radius 1 is 0.642 bits per heavy atom. The van der Waals surface area contributed by atoms with Crippen LogP contribution < -0.4 is 4.90 Å². The topological polar surface area (TPSA) is 142 Å². The summed E-state index contributed by atoms with van der Waals surface area (Å²) in [4.78, 5) is 47.7. The molecular formula is C35H22Cl8N2O7S. The van der Waals surface area contributed by atoms with Crippen LogP contribution in [0.15, 0.2) is 24.3 Å². The molecule has 1 saturated carbocycles. The second-order valence-corrected chi connectivity index (χ2v) is 17.6. The molecule has 9 nitrogen and oxygen atoms in total. The lowest BCUT2D eigenvalue weighted by Gasteiger charge is -2.32. The first kappa shape index (κ1) is 38.9. The summed E-state index contributed by atoms with van der Waals surface area (Å²) < 4.78 is 36.0. The van der Waals surface area contributed by atoms with Crippen molar-refractivity contribution < 1.29 is 32.5 Å². The number of nitrogens with zero attached hydrogens (tertiary/aromatic N) is 2. The Bertz CT molecular complexity index is 2470. The number of rotatable bonds is 4. The van der Waals surface area contributed by atoms with Gasteiger partial charge in [0.15, 0.2) is 0 Å². The van der Waals surface area contributed by atoms with Crippen LogP contribution >= 0.6 is 92.8 Å². The quantitative estimate of drug-likeness (QED) is 0.0892. The zero-order valence-electron chi connectivity index (χ0n) is 26.7. The minimum atomic E-state index is -4.81. The molecule has 0 saturated heterocycles. The number of aliphatic hydroxyl groups excluding tert-OH is 1. The maximum absolute atomic E-state index is 14.2. The first-order chi connectivity index (χ1) is 24.9. The lowest BCUT2D eigenvalue weighted by molar-refractivity contribution is 0.0925. The van der Waals surface area contributed by atoms with E-state index in [-0.39, 0.29) is 109 Å². The van der Waals surface area contributed by atoms with Gasteiger partial charge >= 0.3 is 0 Å². The molecule has 0 atom stereocenters. The van der Waals surface area contributed by atoms with E-state index >= 15 is 0 Å². The molecule has 1 aromatic heterocycles. The van der Waals surface area contributed by atoms with Gasteiger partial charge < -0.3 is 5.11 Å². The van der Waals surface area contributed by atoms with Crippen molar-refractivity contribution in [1.29, 1.82) is 0 Å². The van der Waals surface area contributed by atoms with Gasteiger partial charge in [0, 0.05) is 5.39 Å². The van der Waals surface area contributed by atoms with Crippen LogP contribution in [0.5, 0.6) is 0 Å². The van der Waals surface area contributed by atoms with E-state index in [1.165, 1.54) is 24.3 Å². The lowest BCUT2D eigenvalue weighted by atomic mass is 9.87. The van der Waals surface area contributed by atoms with Crippen molar-refractivity contribution in [2.24, 2.45) is 0 Å². The number of carbonyl (C=O) groups excluding carboxylic acids is 3. The number of ketones is 1. The summed E-state index contributed by atoms with van der Waals surface area (Å²) in [6.45, 7) is 0. The summed E-state index contributed by atoms with van der Waals surface area (Å²) in [6, 6.07) is 5.63. The van der Waals surface area contributed by atoms with Gasteiger partial charge in [0.2, 0.25) is 5.78 Å². The van der Waals surface area contributed by atoms with E-state index in [9.17, 15) is 32.5 Å². The van der Waals surface area contributed by atoms with Gasteiger partial charge in [-0.3, -0.25) is 18.9 Å². The van der Waals surface area contributed by atoms with Gasteiger partial charge in [-0.05, 0) is 36.6 Å². The maximum atomic E-state index is 14.2. The Hall–Kier alpha value is -2.35. The third-order valence-corrected chi connectivity index (χ3v) is 15.2. The molecule has 18 heteroatoms. The molecule has 2 heterocycles. The van der Waals surface area contributed by atoms with Crippen LogP contribution in [-0.2, 0) is 14.9 Å². The molecule has 0 radical (unpaired) electrons. The molecule has 2 N–H and O–H groups in total. The predicted octanol–water partition coefficient (Wildman–Crippen LogP) is 12.1. The summed E-state index contributed by atoms with van der Waals surface area (Å²) in [5.74, 6) is -3.37. The van der Waals surface area contributed by atoms with E-state index < -0.39 is 38.2 Å². The van der Waals surface area contributed by atoms with Gasteiger partial charge in [-0.15, -0.1) is 0 Å². The third-order valence-electron chi connectivity index (χ3n) is 10.00. The maximum Gasteiger partial charge on any atom is 0.274 e. The number of fused-ring (bicyclic) bond motifs is 3. The molecule has 0 spiro atoms. The number of hydrogen-bond acceptors (Lipinski definition) is 7. The molecule has 0 unspecified atom stereocenters. The number of imide groups is 1. The Labute approximate surface area is 342 Å². The minimum absolute atomic E-state index is 0.0490. The number of halogens is 8. The molecule has 0 bridgehead atoms. The molecule has 1 fully saturated rings.